The molecule has 0 radical (unpaired) electrons. The summed E-state index contributed by atoms with van der Waals surface area (Å²) in [5.41, 5.74) is 5.59. The van der Waals surface area contributed by atoms with Crippen LogP contribution < -0.4 is 5.73 Å². The van der Waals surface area contributed by atoms with Crippen molar-refractivity contribution in [2.24, 2.45) is 11.1 Å². The van der Waals surface area contributed by atoms with E-state index in [1.165, 1.54) is 18.2 Å². The van der Waals surface area contributed by atoms with Crippen molar-refractivity contribution < 1.29 is 22.0 Å². The van der Waals surface area contributed by atoms with Gasteiger partial charge in [0.1, 0.15) is 0 Å². The molecule has 0 amide bonds. The van der Waals surface area contributed by atoms with Crippen molar-refractivity contribution in [2.75, 3.05) is 0 Å². The Balaban J connectivity index is 2.23. The summed E-state index contributed by atoms with van der Waals surface area (Å²) in [6.45, 7) is 6.44. The largest absolute Gasteiger partial charge is 0.433 e. The van der Waals surface area contributed by atoms with Gasteiger partial charge < -0.3 is 10.3 Å². The lowest BCUT2D eigenvalue weighted by atomic mass is 9.96. The average molecular weight is 411 g/mol. The van der Waals surface area contributed by atoms with E-state index in [0.29, 0.717) is 23.0 Å². The SMILES string of the molecule is CC(C)(C)Cn1cc(C(N)C(F)F)c2ccc(-c3cccnc3C(F)(F)F)cc21. The summed E-state index contributed by atoms with van der Waals surface area (Å²) in [6, 6.07) is 5.91. The number of hydrogen-bond donors (Lipinski definition) is 1. The first-order valence-electron chi connectivity index (χ1n) is 9.07. The first kappa shape index (κ1) is 21.2. The number of pyridine rings is 1. The van der Waals surface area contributed by atoms with Crippen LogP contribution in [0.15, 0.2) is 42.7 Å². The number of benzene rings is 1. The topological polar surface area (TPSA) is 43.8 Å². The van der Waals surface area contributed by atoms with Gasteiger partial charge in [0.05, 0.1) is 6.04 Å². The fourth-order valence-electron chi connectivity index (χ4n) is 3.40. The molecule has 2 heterocycles. The molecule has 156 valence electrons. The van der Waals surface area contributed by atoms with E-state index in [1.54, 1.807) is 22.9 Å². The zero-order valence-corrected chi connectivity index (χ0v) is 16.3. The lowest BCUT2D eigenvalue weighted by Crippen LogP contribution is -2.19. The fraction of sp³-hybridized carbons (Fsp3) is 0.381. The highest BCUT2D eigenvalue weighted by Crippen LogP contribution is 2.38. The number of rotatable bonds is 4. The second kappa shape index (κ2) is 7.40. The number of aromatic nitrogens is 2. The minimum Gasteiger partial charge on any atom is -0.347 e. The van der Waals surface area contributed by atoms with Crippen LogP contribution in [0.4, 0.5) is 22.0 Å². The Labute approximate surface area is 165 Å². The maximum Gasteiger partial charge on any atom is 0.433 e. The van der Waals surface area contributed by atoms with E-state index < -0.39 is 24.3 Å². The molecule has 1 atom stereocenters. The van der Waals surface area contributed by atoms with Crippen LogP contribution in [-0.2, 0) is 12.7 Å². The Bertz CT molecular complexity index is 1020. The Morgan fingerprint density at radius 2 is 1.79 bits per heavy atom. The van der Waals surface area contributed by atoms with Crippen LogP contribution in [0.5, 0.6) is 0 Å². The third-order valence-corrected chi connectivity index (χ3v) is 4.58. The average Bonchev–Trinajstić information content (AvgIpc) is 2.96. The normalized spacial score (nSPS) is 14.0. The molecule has 0 bridgehead atoms. The molecule has 2 aromatic heterocycles. The number of fused-ring (bicyclic) bond motifs is 1. The zero-order chi connectivity index (χ0) is 21.6. The number of hydrogen-bond acceptors (Lipinski definition) is 2. The van der Waals surface area contributed by atoms with Gasteiger partial charge in [-0.05, 0) is 23.1 Å². The molecular formula is C21H22F5N3. The molecule has 0 aliphatic heterocycles. The second-order valence-corrected chi connectivity index (χ2v) is 8.26. The first-order valence-corrected chi connectivity index (χ1v) is 9.07. The van der Waals surface area contributed by atoms with Gasteiger partial charge in [-0.25, -0.2) is 8.78 Å². The van der Waals surface area contributed by atoms with E-state index >= 15 is 0 Å². The minimum atomic E-state index is -4.61. The summed E-state index contributed by atoms with van der Waals surface area (Å²) in [5.74, 6) is 0. The van der Waals surface area contributed by atoms with Crippen molar-refractivity contribution in [2.45, 2.75) is 46.0 Å². The molecule has 3 rings (SSSR count). The van der Waals surface area contributed by atoms with Gasteiger partial charge in [-0.3, -0.25) is 4.98 Å². The van der Waals surface area contributed by atoms with E-state index in [4.69, 9.17) is 5.73 Å². The minimum absolute atomic E-state index is 0.0647. The molecule has 1 unspecified atom stereocenters. The molecule has 29 heavy (non-hydrogen) atoms. The van der Waals surface area contributed by atoms with Crippen LogP contribution in [0.3, 0.4) is 0 Å². The molecular weight excluding hydrogens is 389 g/mol. The standard InChI is InChI=1S/C21H22F5N3/c1-20(2,3)11-29-10-15(17(27)19(22)23)14-7-6-12(9-16(14)29)13-5-4-8-28-18(13)21(24,25)26/h4-10,17,19H,11,27H2,1-3H3. The van der Waals surface area contributed by atoms with Crippen LogP contribution >= 0.6 is 0 Å². The third-order valence-electron chi connectivity index (χ3n) is 4.58. The Hall–Kier alpha value is -2.48. The molecule has 3 nitrogen and oxygen atoms in total. The number of halogens is 5. The Kier molecular flexibility index (Phi) is 5.42. The maximum atomic E-state index is 13.4. The predicted octanol–water partition coefficient (Wildman–Crippen LogP) is 6.03. The van der Waals surface area contributed by atoms with E-state index in [9.17, 15) is 22.0 Å². The van der Waals surface area contributed by atoms with Crippen molar-refractivity contribution in [1.82, 2.24) is 9.55 Å². The highest BCUT2D eigenvalue weighted by Gasteiger charge is 2.35. The van der Waals surface area contributed by atoms with Gasteiger partial charge in [0.2, 0.25) is 0 Å². The van der Waals surface area contributed by atoms with Gasteiger partial charge in [0, 0.05) is 41.0 Å². The van der Waals surface area contributed by atoms with Gasteiger partial charge in [0.15, 0.2) is 5.69 Å². The van der Waals surface area contributed by atoms with Gasteiger partial charge in [-0.15, -0.1) is 0 Å². The lowest BCUT2D eigenvalue weighted by Gasteiger charge is -2.20. The van der Waals surface area contributed by atoms with Crippen molar-refractivity contribution in [1.29, 1.82) is 0 Å². The number of nitrogens with zero attached hydrogens (tertiary/aromatic N) is 2. The summed E-state index contributed by atoms with van der Waals surface area (Å²) in [6.07, 6.45) is -4.70. The Morgan fingerprint density at radius 1 is 1.10 bits per heavy atom. The van der Waals surface area contributed by atoms with Gasteiger partial charge >= 0.3 is 6.18 Å². The summed E-state index contributed by atoms with van der Waals surface area (Å²) in [5, 5.41) is 0.503. The predicted molar refractivity (Wildman–Crippen MR) is 103 cm³/mol. The molecule has 0 aliphatic carbocycles. The van der Waals surface area contributed by atoms with Crippen LogP contribution in [0.25, 0.3) is 22.0 Å². The lowest BCUT2D eigenvalue weighted by molar-refractivity contribution is -0.140. The molecule has 3 aromatic rings. The highest BCUT2D eigenvalue weighted by atomic mass is 19.4. The van der Waals surface area contributed by atoms with Crippen LogP contribution in [-0.4, -0.2) is 16.0 Å². The summed E-state index contributed by atoms with van der Waals surface area (Å²) >= 11 is 0. The van der Waals surface area contributed by atoms with E-state index in [1.807, 2.05) is 20.8 Å². The molecule has 0 aliphatic rings. The molecule has 0 saturated heterocycles. The van der Waals surface area contributed by atoms with Crippen molar-refractivity contribution in [3.8, 4) is 11.1 Å². The summed E-state index contributed by atoms with van der Waals surface area (Å²) in [7, 11) is 0. The van der Waals surface area contributed by atoms with Crippen molar-refractivity contribution >= 4 is 10.9 Å². The monoisotopic (exact) mass is 411 g/mol. The van der Waals surface area contributed by atoms with Gasteiger partial charge in [-0.1, -0.05) is 39.0 Å². The zero-order valence-electron chi connectivity index (χ0n) is 16.3. The fourth-order valence-corrected chi connectivity index (χ4v) is 3.40. The smallest absolute Gasteiger partial charge is 0.347 e. The maximum absolute atomic E-state index is 13.4. The molecule has 0 spiro atoms. The van der Waals surface area contributed by atoms with Crippen LogP contribution in [0.2, 0.25) is 0 Å². The molecule has 2 N–H and O–H groups in total. The summed E-state index contributed by atoms with van der Waals surface area (Å²) < 4.78 is 68.4. The molecule has 1 aromatic carbocycles. The quantitative estimate of drug-likeness (QED) is 0.533. The molecule has 0 saturated carbocycles. The molecule has 8 heteroatoms. The van der Waals surface area contributed by atoms with E-state index in [-0.39, 0.29) is 16.5 Å². The van der Waals surface area contributed by atoms with Crippen molar-refractivity contribution in [3.63, 3.8) is 0 Å². The molecule has 0 fully saturated rings. The van der Waals surface area contributed by atoms with E-state index in [0.717, 1.165) is 6.20 Å². The third kappa shape index (κ3) is 4.42. The van der Waals surface area contributed by atoms with Gasteiger partial charge in [-0.2, -0.15) is 13.2 Å². The van der Waals surface area contributed by atoms with Crippen LogP contribution in [0.1, 0.15) is 38.1 Å². The first-order chi connectivity index (χ1) is 13.4. The highest BCUT2D eigenvalue weighted by molar-refractivity contribution is 5.89. The number of alkyl halides is 5. The summed E-state index contributed by atoms with van der Waals surface area (Å²) in [4.78, 5) is 3.49. The van der Waals surface area contributed by atoms with Gasteiger partial charge in [0.25, 0.3) is 6.43 Å². The van der Waals surface area contributed by atoms with Crippen molar-refractivity contribution in [3.05, 3.63) is 54.0 Å². The van der Waals surface area contributed by atoms with Crippen LogP contribution in [0, 0.1) is 5.41 Å². The second-order valence-electron chi connectivity index (χ2n) is 8.26. The van der Waals surface area contributed by atoms with E-state index in [2.05, 4.69) is 4.98 Å². The Morgan fingerprint density at radius 3 is 2.38 bits per heavy atom. The number of nitrogens with two attached hydrogens (primary N) is 1.